The Kier molecular flexibility index (Phi) is 6.45. The van der Waals surface area contributed by atoms with Gasteiger partial charge in [0.05, 0.1) is 18.1 Å². The minimum atomic E-state index is -3.54. The molecule has 0 radical (unpaired) electrons. The highest BCUT2D eigenvalue weighted by molar-refractivity contribution is 7.89. The number of rotatable bonds is 6. The van der Waals surface area contributed by atoms with Crippen LogP contribution in [0, 0.1) is 0 Å². The van der Waals surface area contributed by atoms with Crippen LogP contribution in [0.2, 0.25) is 0 Å². The van der Waals surface area contributed by atoms with Crippen LogP contribution in [0.5, 0.6) is 0 Å². The first-order valence-electron chi connectivity index (χ1n) is 11.1. The fourth-order valence-corrected chi connectivity index (χ4v) is 5.14. The Bertz CT molecular complexity index is 1440. The normalized spacial score (nSPS) is 15.0. The minimum absolute atomic E-state index is 0.222. The van der Waals surface area contributed by atoms with E-state index in [1.165, 1.54) is 10.4 Å². The standard InChI is InChI=1S/C26H23N3O5S/c30-25(14-7-19-5-12-22(13-6-19)35(31,32)29-15-17-33-18-16-29)27-21-10-8-20(9-11-21)26-28-23-3-1-2-4-24(23)34-26/h1-14H,15-18H2,(H,27,30)/b14-7+. The van der Waals surface area contributed by atoms with Gasteiger partial charge >= 0.3 is 0 Å². The summed E-state index contributed by atoms with van der Waals surface area (Å²) in [5.41, 5.74) is 3.66. The van der Waals surface area contributed by atoms with Crippen molar-refractivity contribution in [2.24, 2.45) is 0 Å². The Labute approximate surface area is 202 Å². The number of aromatic nitrogens is 1. The van der Waals surface area contributed by atoms with Gasteiger partial charge in [-0.25, -0.2) is 13.4 Å². The van der Waals surface area contributed by atoms with Crippen LogP contribution in [0.3, 0.4) is 0 Å². The molecule has 9 heteroatoms. The van der Waals surface area contributed by atoms with Gasteiger partial charge in [0.2, 0.25) is 21.8 Å². The Balaban J connectivity index is 1.20. The molecule has 2 heterocycles. The molecule has 1 aliphatic rings. The number of oxazole rings is 1. The van der Waals surface area contributed by atoms with Crippen LogP contribution in [0.25, 0.3) is 28.6 Å². The van der Waals surface area contributed by atoms with Crippen molar-refractivity contribution >= 4 is 38.8 Å². The predicted octanol–water partition coefficient (Wildman–Crippen LogP) is 4.17. The summed E-state index contributed by atoms with van der Waals surface area (Å²) in [6.07, 6.45) is 3.04. The fraction of sp³-hybridized carbons (Fsp3) is 0.154. The highest BCUT2D eigenvalue weighted by Gasteiger charge is 2.25. The van der Waals surface area contributed by atoms with Crippen LogP contribution in [0.4, 0.5) is 5.69 Å². The molecule has 3 aromatic carbocycles. The minimum Gasteiger partial charge on any atom is -0.436 e. The van der Waals surface area contributed by atoms with Gasteiger partial charge in [0, 0.05) is 30.4 Å². The number of carbonyl (C=O) groups is 1. The third kappa shape index (κ3) is 5.17. The van der Waals surface area contributed by atoms with Gasteiger partial charge in [-0.15, -0.1) is 0 Å². The monoisotopic (exact) mass is 489 g/mol. The lowest BCUT2D eigenvalue weighted by Crippen LogP contribution is -2.40. The lowest BCUT2D eigenvalue weighted by molar-refractivity contribution is -0.111. The number of anilines is 1. The maximum Gasteiger partial charge on any atom is 0.248 e. The number of amides is 1. The van der Waals surface area contributed by atoms with E-state index in [1.54, 1.807) is 42.5 Å². The molecule has 1 aliphatic heterocycles. The number of ether oxygens (including phenoxy) is 1. The van der Waals surface area contributed by atoms with Gasteiger partial charge in [0.25, 0.3) is 0 Å². The molecule has 0 atom stereocenters. The van der Waals surface area contributed by atoms with E-state index in [1.807, 2.05) is 36.4 Å². The van der Waals surface area contributed by atoms with Crippen molar-refractivity contribution in [1.82, 2.24) is 9.29 Å². The second kappa shape index (κ2) is 9.83. The van der Waals surface area contributed by atoms with Crippen molar-refractivity contribution in [3.63, 3.8) is 0 Å². The zero-order valence-electron chi connectivity index (χ0n) is 18.8. The highest BCUT2D eigenvalue weighted by Crippen LogP contribution is 2.25. The molecule has 8 nitrogen and oxygen atoms in total. The molecule has 1 aromatic heterocycles. The summed E-state index contributed by atoms with van der Waals surface area (Å²) in [6.45, 7) is 1.49. The molecule has 1 amide bonds. The number of hydrogen-bond acceptors (Lipinski definition) is 6. The number of morpholine rings is 1. The number of sulfonamides is 1. The molecule has 35 heavy (non-hydrogen) atoms. The van der Waals surface area contributed by atoms with E-state index in [9.17, 15) is 13.2 Å². The molecule has 1 N–H and O–H groups in total. The molecule has 0 spiro atoms. The predicted molar refractivity (Wildman–Crippen MR) is 133 cm³/mol. The number of hydrogen-bond donors (Lipinski definition) is 1. The van der Waals surface area contributed by atoms with Crippen LogP contribution in [-0.4, -0.2) is 49.9 Å². The van der Waals surface area contributed by atoms with Crippen molar-refractivity contribution in [2.75, 3.05) is 31.6 Å². The maximum atomic E-state index is 12.7. The Morgan fingerprint density at radius 2 is 1.66 bits per heavy atom. The summed E-state index contributed by atoms with van der Waals surface area (Å²) >= 11 is 0. The number of para-hydroxylation sites is 2. The quantitative estimate of drug-likeness (QED) is 0.408. The fourth-order valence-electron chi connectivity index (χ4n) is 3.73. The summed E-state index contributed by atoms with van der Waals surface area (Å²) in [5.74, 6) is 0.215. The lowest BCUT2D eigenvalue weighted by Gasteiger charge is -2.26. The van der Waals surface area contributed by atoms with Crippen LogP contribution < -0.4 is 5.32 Å². The largest absolute Gasteiger partial charge is 0.436 e. The number of fused-ring (bicyclic) bond motifs is 1. The van der Waals surface area contributed by atoms with Crippen molar-refractivity contribution in [3.05, 3.63) is 84.4 Å². The Hall–Kier alpha value is -3.79. The number of benzene rings is 3. The summed E-state index contributed by atoms with van der Waals surface area (Å²) in [4.78, 5) is 17.0. The zero-order valence-corrected chi connectivity index (χ0v) is 19.6. The molecular weight excluding hydrogens is 466 g/mol. The summed E-state index contributed by atoms with van der Waals surface area (Å²) in [6, 6.07) is 21.2. The molecule has 1 fully saturated rings. The number of nitrogens with one attached hydrogen (secondary N) is 1. The van der Waals surface area contributed by atoms with E-state index in [2.05, 4.69) is 10.3 Å². The SMILES string of the molecule is O=C(/C=C/c1ccc(S(=O)(=O)N2CCOCC2)cc1)Nc1ccc(-c2nc3ccccc3o2)cc1. The van der Waals surface area contributed by atoms with Crippen molar-refractivity contribution in [3.8, 4) is 11.5 Å². The van der Waals surface area contributed by atoms with E-state index < -0.39 is 10.0 Å². The van der Waals surface area contributed by atoms with Crippen molar-refractivity contribution < 1.29 is 22.4 Å². The van der Waals surface area contributed by atoms with Gasteiger partial charge in [-0.05, 0) is 60.2 Å². The van der Waals surface area contributed by atoms with Crippen molar-refractivity contribution in [1.29, 1.82) is 0 Å². The zero-order chi connectivity index (χ0) is 24.3. The molecule has 1 saturated heterocycles. The second-order valence-corrected chi connectivity index (χ2v) is 9.91. The van der Waals surface area contributed by atoms with Crippen LogP contribution in [0.15, 0.2) is 88.2 Å². The summed E-state index contributed by atoms with van der Waals surface area (Å²) < 4.78 is 37.8. The van der Waals surface area contributed by atoms with E-state index >= 15 is 0 Å². The average Bonchev–Trinajstić information content (AvgIpc) is 3.33. The first kappa shape index (κ1) is 23.0. The van der Waals surface area contributed by atoms with Gasteiger partial charge in [0.15, 0.2) is 5.58 Å². The highest BCUT2D eigenvalue weighted by atomic mass is 32.2. The van der Waals surface area contributed by atoms with E-state index in [0.29, 0.717) is 43.4 Å². The molecule has 0 aliphatic carbocycles. The average molecular weight is 490 g/mol. The molecule has 0 unspecified atom stereocenters. The summed E-state index contributed by atoms with van der Waals surface area (Å²) in [5, 5.41) is 2.80. The number of carbonyl (C=O) groups excluding carboxylic acids is 1. The Morgan fingerprint density at radius 1 is 0.943 bits per heavy atom. The van der Waals surface area contributed by atoms with Crippen molar-refractivity contribution in [2.45, 2.75) is 4.90 Å². The van der Waals surface area contributed by atoms with Gasteiger partial charge in [-0.2, -0.15) is 4.31 Å². The molecule has 4 aromatic rings. The van der Waals surface area contributed by atoms with Crippen LogP contribution in [0.1, 0.15) is 5.56 Å². The topological polar surface area (TPSA) is 102 Å². The third-order valence-corrected chi connectivity index (χ3v) is 7.52. The lowest BCUT2D eigenvalue weighted by atomic mass is 10.2. The molecule has 0 bridgehead atoms. The van der Waals surface area contributed by atoms with E-state index in [-0.39, 0.29) is 10.8 Å². The maximum absolute atomic E-state index is 12.7. The van der Waals surface area contributed by atoms with Gasteiger partial charge < -0.3 is 14.5 Å². The first-order chi connectivity index (χ1) is 17.0. The van der Waals surface area contributed by atoms with Gasteiger partial charge in [0.1, 0.15) is 5.52 Å². The molecule has 178 valence electrons. The molecular formula is C26H23N3O5S. The third-order valence-electron chi connectivity index (χ3n) is 5.61. The second-order valence-electron chi connectivity index (χ2n) is 7.97. The summed E-state index contributed by atoms with van der Waals surface area (Å²) in [7, 11) is -3.54. The van der Waals surface area contributed by atoms with E-state index in [4.69, 9.17) is 9.15 Å². The van der Waals surface area contributed by atoms with Gasteiger partial charge in [-0.1, -0.05) is 24.3 Å². The van der Waals surface area contributed by atoms with E-state index in [0.717, 1.165) is 16.7 Å². The van der Waals surface area contributed by atoms with Gasteiger partial charge in [-0.3, -0.25) is 4.79 Å². The number of nitrogens with zero attached hydrogens (tertiary/aromatic N) is 2. The van der Waals surface area contributed by atoms with Crippen LogP contribution >= 0.6 is 0 Å². The Morgan fingerprint density at radius 3 is 2.37 bits per heavy atom. The first-order valence-corrected chi connectivity index (χ1v) is 12.6. The van der Waals surface area contributed by atoms with Crippen LogP contribution in [-0.2, 0) is 19.6 Å². The molecule has 5 rings (SSSR count). The molecule has 0 saturated carbocycles. The smallest absolute Gasteiger partial charge is 0.248 e.